The number of ether oxygens (including phenoxy) is 1. The number of carbonyl (C=O) groups excluding carboxylic acids is 3. The van der Waals surface area contributed by atoms with E-state index in [2.05, 4.69) is 5.32 Å². The van der Waals surface area contributed by atoms with E-state index in [1.54, 1.807) is 6.92 Å². The van der Waals surface area contributed by atoms with Gasteiger partial charge in [0.25, 0.3) is 11.6 Å². The quantitative estimate of drug-likeness (QED) is 0.321. The number of rotatable bonds is 8. The summed E-state index contributed by atoms with van der Waals surface area (Å²) >= 11 is 0. The lowest BCUT2D eigenvalue weighted by Gasteiger charge is -2.07. The van der Waals surface area contributed by atoms with Crippen LogP contribution in [0.3, 0.4) is 0 Å². The maximum atomic E-state index is 12.8. The van der Waals surface area contributed by atoms with Gasteiger partial charge in [-0.25, -0.2) is 4.39 Å². The van der Waals surface area contributed by atoms with Gasteiger partial charge in [-0.1, -0.05) is 6.07 Å². The molecule has 2 rings (SSSR count). The van der Waals surface area contributed by atoms with Crippen molar-refractivity contribution in [2.24, 2.45) is 0 Å². The predicted molar refractivity (Wildman–Crippen MR) is 97.4 cm³/mol. The molecule has 0 aliphatic carbocycles. The Balaban J connectivity index is 1.78. The molecule has 0 heterocycles. The number of esters is 1. The maximum absolute atomic E-state index is 12.8. The number of nitrogens with one attached hydrogen (secondary N) is 1. The molecule has 146 valence electrons. The number of nitrogens with zero attached hydrogens (tertiary/aromatic N) is 1. The Bertz CT molecular complexity index is 911. The molecule has 0 spiro atoms. The maximum Gasteiger partial charge on any atom is 0.306 e. The molecule has 0 atom stereocenters. The van der Waals surface area contributed by atoms with E-state index in [1.165, 1.54) is 30.3 Å². The van der Waals surface area contributed by atoms with Gasteiger partial charge in [0.1, 0.15) is 5.82 Å². The molecule has 0 aromatic heterocycles. The first-order valence-electron chi connectivity index (χ1n) is 8.25. The second kappa shape index (κ2) is 9.36. The second-order valence-electron chi connectivity index (χ2n) is 5.90. The van der Waals surface area contributed by atoms with Crippen LogP contribution in [0.25, 0.3) is 0 Å². The van der Waals surface area contributed by atoms with Crippen molar-refractivity contribution in [1.82, 2.24) is 0 Å². The third-order valence-electron chi connectivity index (χ3n) is 3.78. The van der Waals surface area contributed by atoms with Crippen LogP contribution in [0, 0.1) is 22.9 Å². The van der Waals surface area contributed by atoms with E-state index in [4.69, 9.17) is 4.74 Å². The van der Waals surface area contributed by atoms with Crippen molar-refractivity contribution in [2.75, 3.05) is 11.9 Å². The van der Waals surface area contributed by atoms with Crippen molar-refractivity contribution in [2.45, 2.75) is 19.8 Å². The summed E-state index contributed by atoms with van der Waals surface area (Å²) in [5.41, 5.74) is 0.770. The first kappa shape index (κ1) is 20.7. The number of halogens is 1. The van der Waals surface area contributed by atoms with Crippen LogP contribution in [0.1, 0.15) is 28.8 Å². The highest BCUT2D eigenvalue weighted by Crippen LogP contribution is 2.22. The smallest absolute Gasteiger partial charge is 0.306 e. The molecule has 0 saturated heterocycles. The van der Waals surface area contributed by atoms with Crippen LogP contribution in [0.5, 0.6) is 0 Å². The fourth-order valence-electron chi connectivity index (χ4n) is 2.29. The van der Waals surface area contributed by atoms with Crippen molar-refractivity contribution < 1.29 is 28.4 Å². The lowest BCUT2D eigenvalue weighted by molar-refractivity contribution is -0.385. The molecule has 0 aliphatic rings. The van der Waals surface area contributed by atoms with E-state index >= 15 is 0 Å². The first-order valence-corrected chi connectivity index (χ1v) is 8.25. The van der Waals surface area contributed by atoms with Crippen LogP contribution in [-0.4, -0.2) is 29.2 Å². The highest BCUT2D eigenvalue weighted by atomic mass is 19.1. The predicted octanol–water partition coefficient (Wildman–Crippen LogP) is 3.19. The third-order valence-corrected chi connectivity index (χ3v) is 3.78. The van der Waals surface area contributed by atoms with Crippen LogP contribution in [0.15, 0.2) is 42.5 Å². The molecule has 0 saturated carbocycles. The summed E-state index contributed by atoms with van der Waals surface area (Å²) in [4.78, 5) is 45.7. The van der Waals surface area contributed by atoms with Crippen molar-refractivity contribution in [1.29, 1.82) is 0 Å². The van der Waals surface area contributed by atoms with Crippen molar-refractivity contribution in [3.63, 3.8) is 0 Å². The van der Waals surface area contributed by atoms with E-state index in [0.29, 0.717) is 5.56 Å². The molecule has 0 aliphatic heterocycles. The summed E-state index contributed by atoms with van der Waals surface area (Å²) in [6.45, 7) is 0.976. The van der Waals surface area contributed by atoms with E-state index in [9.17, 15) is 28.9 Å². The molecule has 0 radical (unpaired) electrons. The highest BCUT2D eigenvalue weighted by molar-refractivity contribution is 5.98. The Kier molecular flexibility index (Phi) is 6.91. The minimum absolute atomic E-state index is 0.143. The molecular weight excluding hydrogens is 371 g/mol. The normalized spacial score (nSPS) is 10.2. The highest BCUT2D eigenvalue weighted by Gasteiger charge is 2.14. The van der Waals surface area contributed by atoms with E-state index in [1.807, 2.05) is 0 Å². The number of nitro benzene ring substituents is 1. The summed E-state index contributed by atoms with van der Waals surface area (Å²) in [5, 5.41) is 13.3. The molecule has 2 aromatic carbocycles. The largest absolute Gasteiger partial charge is 0.456 e. The number of ketones is 1. The summed E-state index contributed by atoms with van der Waals surface area (Å²) in [7, 11) is 0. The Morgan fingerprint density at radius 2 is 1.79 bits per heavy atom. The zero-order valence-corrected chi connectivity index (χ0v) is 14.9. The van der Waals surface area contributed by atoms with Crippen molar-refractivity contribution in [3.05, 3.63) is 69.5 Å². The molecule has 2 aromatic rings. The number of anilines is 1. The SMILES string of the molecule is Cc1ccc(NC(=O)COC(=O)CCC(=O)c2ccc(F)cc2)cc1[N+](=O)[O-]. The van der Waals surface area contributed by atoms with Gasteiger partial charge in [-0.3, -0.25) is 24.5 Å². The number of carbonyl (C=O) groups is 3. The lowest BCUT2D eigenvalue weighted by atomic mass is 10.1. The van der Waals surface area contributed by atoms with Gasteiger partial charge < -0.3 is 10.1 Å². The Hall–Kier alpha value is -3.62. The summed E-state index contributed by atoms with van der Waals surface area (Å²) in [6.07, 6.45) is -0.379. The Morgan fingerprint density at radius 3 is 2.43 bits per heavy atom. The van der Waals surface area contributed by atoms with Gasteiger partial charge in [0, 0.05) is 29.3 Å². The molecule has 0 bridgehead atoms. The summed E-state index contributed by atoms with van der Waals surface area (Å²) < 4.78 is 17.6. The molecule has 1 N–H and O–H groups in total. The van der Waals surface area contributed by atoms with Crippen molar-refractivity contribution >= 4 is 29.0 Å². The Morgan fingerprint density at radius 1 is 1.11 bits per heavy atom. The van der Waals surface area contributed by atoms with Gasteiger partial charge >= 0.3 is 5.97 Å². The summed E-state index contributed by atoms with van der Waals surface area (Å²) in [5.74, 6) is -2.24. The molecular formula is C19H17FN2O6. The van der Waals surface area contributed by atoms with Crippen LogP contribution in [0.4, 0.5) is 15.8 Å². The van der Waals surface area contributed by atoms with Crippen LogP contribution < -0.4 is 5.32 Å². The minimum atomic E-state index is -0.750. The average molecular weight is 388 g/mol. The fourth-order valence-corrected chi connectivity index (χ4v) is 2.29. The second-order valence-corrected chi connectivity index (χ2v) is 5.90. The van der Waals surface area contributed by atoms with E-state index in [-0.39, 0.29) is 35.6 Å². The molecule has 8 nitrogen and oxygen atoms in total. The van der Waals surface area contributed by atoms with E-state index < -0.39 is 29.2 Å². The standard InChI is InChI=1S/C19H17FN2O6/c1-12-2-7-15(10-16(12)22(26)27)21-18(24)11-28-19(25)9-8-17(23)13-3-5-14(20)6-4-13/h2-7,10H,8-9,11H2,1H3,(H,21,24). The third kappa shape index (κ3) is 5.97. The number of benzene rings is 2. The Labute approximate surface area is 159 Å². The number of nitro groups is 1. The number of amides is 1. The average Bonchev–Trinajstić information content (AvgIpc) is 2.66. The molecule has 28 heavy (non-hydrogen) atoms. The van der Waals surface area contributed by atoms with Crippen molar-refractivity contribution in [3.8, 4) is 0 Å². The summed E-state index contributed by atoms with van der Waals surface area (Å²) in [6, 6.07) is 9.10. The minimum Gasteiger partial charge on any atom is -0.456 e. The topological polar surface area (TPSA) is 116 Å². The van der Waals surface area contributed by atoms with Gasteiger partial charge in [-0.05, 0) is 37.3 Å². The monoisotopic (exact) mass is 388 g/mol. The lowest BCUT2D eigenvalue weighted by Crippen LogP contribution is -2.21. The van der Waals surface area contributed by atoms with Crippen LogP contribution in [-0.2, 0) is 14.3 Å². The van der Waals surface area contributed by atoms with Gasteiger partial charge in [0.2, 0.25) is 0 Å². The fraction of sp³-hybridized carbons (Fsp3) is 0.211. The van der Waals surface area contributed by atoms with Crippen LogP contribution in [0.2, 0.25) is 0 Å². The molecule has 0 fully saturated rings. The zero-order valence-electron chi connectivity index (χ0n) is 14.9. The zero-order chi connectivity index (χ0) is 20.7. The number of hydrogen-bond donors (Lipinski definition) is 1. The number of aryl methyl sites for hydroxylation is 1. The molecule has 1 amide bonds. The molecule has 0 unspecified atom stereocenters. The molecule has 9 heteroatoms. The number of Topliss-reactive ketones (excluding diaryl/α,β-unsaturated/α-hetero) is 1. The van der Waals surface area contributed by atoms with Gasteiger partial charge in [0.15, 0.2) is 12.4 Å². The first-order chi connectivity index (χ1) is 13.3. The van der Waals surface area contributed by atoms with E-state index in [0.717, 1.165) is 12.1 Å². The van der Waals surface area contributed by atoms with Gasteiger partial charge in [0.05, 0.1) is 11.3 Å². The van der Waals surface area contributed by atoms with Crippen LogP contribution >= 0.6 is 0 Å². The number of hydrogen-bond acceptors (Lipinski definition) is 6. The van der Waals surface area contributed by atoms with Gasteiger partial charge in [-0.15, -0.1) is 0 Å². The van der Waals surface area contributed by atoms with Gasteiger partial charge in [-0.2, -0.15) is 0 Å².